The van der Waals surface area contributed by atoms with Crippen LogP contribution in [0.3, 0.4) is 0 Å². The Morgan fingerprint density at radius 3 is 2.23 bits per heavy atom. The molecule has 0 atom stereocenters. The zero-order valence-electron chi connectivity index (χ0n) is 14.8. The fourth-order valence-electron chi connectivity index (χ4n) is 1.87. The minimum Gasteiger partial charge on any atom is -0.478 e. The molecule has 2 aromatic rings. The Hall–Kier alpha value is -2.71. The molecule has 0 aliphatic carbocycles. The van der Waals surface area contributed by atoms with Gasteiger partial charge in [0, 0.05) is 36.3 Å². The summed E-state index contributed by atoms with van der Waals surface area (Å²) in [6.07, 6.45) is 2.97. The van der Waals surface area contributed by atoms with Gasteiger partial charge in [-0.1, -0.05) is 12.1 Å². The van der Waals surface area contributed by atoms with Crippen molar-refractivity contribution in [3.05, 3.63) is 58.9 Å². The summed E-state index contributed by atoms with van der Waals surface area (Å²) in [7, 11) is 4.20. The maximum atomic E-state index is 9.55. The lowest BCUT2D eigenvalue weighted by atomic mass is 10.3. The monoisotopic (exact) mass is 377 g/mol. The SMILES string of the molecule is CN(C)CCN(Cc1cccs1)c1ccccn1.O=C(O)/C=C/C(=O)O. The molecule has 2 N–H and O–H groups in total. The van der Waals surface area contributed by atoms with Crippen LogP contribution in [0.2, 0.25) is 0 Å². The van der Waals surface area contributed by atoms with Gasteiger partial charge in [-0.05, 0) is 37.7 Å². The molecule has 8 heteroatoms. The number of hydrogen-bond acceptors (Lipinski definition) is 6. The molecule has 0 fully saturated rings. The lowest BCUT2D eigenvalue weighted by Gasteiger charge is -2.24. The number of thiophene rings is 1. The van der Waals surface area contributed by atoms with Gasteiger partial charge in [-0.25, -0.2) is 14.6 Å². The van der Waals surface area contributed by atoms with Crippen molar-refractivity contribution in [1.82, 2.24) is 9.88 Å². The fraction of sp³-hybridized carbons (Fsp3) is 0.278. The average Bonchev–Trinajstić information content (AvgIpc) is 3.11. The summed E-state index contributed by atoms with van der Waals surface area (Å²) in [5.74, 6) is -1.47. The molecule has 0 amide bonds. The highest BCUT2D eigenvalue weighted by molar-refractivity contribution is 7.09. The summed E-state index contributed by atoms with van der Waals surface area (Å²) in [6, 6.07) is 10.3. The van der Waals surface area contributed by atoms with Crippen LogP contribution in [-0.2, 0) is 16.1 Å². The molecule has 0 spiro atoms. The molecule has 140 valence electrons. The summed E-state index contributed by atoms with van der Waals surface area (Å²) >= 11 is 1.80. The smallest absolute Gasteiger partial charge is 0.328 e. The van der Waals surface area contributed by atoms with Gasteiger partial charge in [-0.15, -0.1) is 11.3 Å². The number of nitrogens with zero attached hydrogens (tertiary/aromatic N) is 3. The molecule has 0 aliphatic rings. The van der Waals surface area contributed by atoms with E-state index in [9.17, 15) is 9.59 Å². The van der Waals surface area contributed by atoms with Crippen LogP contribution in [0, 0.1) is 0 Å². The third kappa shape index (κ3) is 9.55. The van der Waals surface area contributed by atoms with E-state index in [1.807, 2.05) is 18.3 Å². The number of carboxylic acid groups (broad SMARTS) is 2. The summed E-state index contributed by atoms with van der Waals surface area (Å²) in [5, 5.41) is 17.7. The molecule has 0 aromatic carbocycles. The van der Waals surface area contributed by atoms with E-state index in [2.05, 4.69) is 52.5 Å². The topological polar surface area (TPSA) is 94.0 Å². The number of likely N-dealkylation sites (N-methyl/N-ethyl adjacent to an activating group) is 1. The molecule has 7 nitrogen and oxygen atoms in total. The van der Waals surface area contributed by atoms with E-state index in [1.165, 1.54) is 4.88 Å². The number of aromatic nitrogens is 1. The van der Waals surface area contributed by atoms with Crippen molar-refractivity contribution in [1.29, 1.82) is 0 Å². The Morgan fingerprint density at radius 2 is 1.77 bits per heavy atom. The average molecular weight is 377 g/mol. The zero-order valence-corrected chi connectivity index (χ0v) is 15.6. The van der Waals surface area contributed by atoms with Gasteiger partial charge in [0.05, 0.1) is 6.54 Å². The van der Waals surface area contributed by atoms with E-state index in [0.717, 1.165) is 25.5 Å². The molecule has 0 saturated carbocycles. The lowest BCUT2D eigenvalue weighted by Crippen LogP contribution is -2.31. The molecule has 0 radical (unpaired) electrons. The third-order valence-electron chi connectivity index (χ3n) is 3.09. The van der Waals surface area contributed by atoms with E-state index >= 15 is 0 Å². The van der Waals surface area contributed by atoms with Crippen LogP contribution in [0.5, 0.6) is 0 Å². The predicted molar refractivity (Wildman–Crippen MR) is 103 cm³/mol. The number of aliphatic carboxylic acids is 2. The Balaban J connectivity index is 0.000000359. The Labute approximate surface area is 156 Å². The molecule has 0 bridgehead atoms. The molecule has 2 rings (SSSR count). The molecule has 0 saturated heterocycles. The van der Waals surface area contributed by atoms with Gasteiger partial charge in [0.2, 0.25) is 0 Å². The highest BCUT2D eigenvalue weighted by Crippen LogP contribution is 2.17. The van der Waals surface area contributed by atoms with Gasteiger partial charge < -0.3 is 20.0 Å². The Bertz CT molecular complexity index is 672. The summed E-state index contributed by atoms with van der Waals surface area (Å²) in [5.41, 5.74) is 0. The van der Waals surface area contributed by atoms with E-state index < -0.39 is 11.9 Å². The Kier molecular flexibility index (Phi) is 9.66. The molecule has 0 unspecified atom stereocenters. The summed E-state index contributed by atoms with van der Waals surface area (Å²) in [6.45, 7) is 2.95. The highest BCUT2D eigenvalue weighted by Gasteiger charge is 2.09. The summed E-state index contributed by atoms with van der Waals surface area (Å²) < 4.78 is 0. The first-order valence-electron chi connectivity index (χ1n) is 7.85. The van der Waals surface area contributed by atoms with Crippen molar-refractivity contribution >= 4 is 29.1 Å². The summed E-state index contributed by atoms with van der Waals surface area (Å²) in [4.78, 5) is 29.5. The number of pyridine rings is 1. The maximum Gasteiger partial charge on any atom is 0.328 e. The molecule has 26 heavy (non-hydrogen) atoms. The van der Waals surface area contributed by atoms with Crippen LogP contribution in [0.15, 0.2) is 54.1 Å². The second kappa shape index (κ2) is 11.8. The van der Waals surface area contributed by atoms with Gasteiger partial charge >= 0.3 is 11.9 Å². The zero-order chi connectivity index (χ0) is 19.4. The molecular weight excluding hydrogens is 354 g/mol. The molecule has 0 aliphatic heterocycles. The first-order chi connectivity index (χ1) is 12.4. The Morgan fingerprint density at radius 1 is 1.08 bits per heavy atom. The van der Waals surface area contributed by atoms with E-state index in [0.29, 0.717) is 12.2 Å². The van der Waals surface area contributed by atoms with Crippen molar-refractivity contribution in [2.24, 2.45) is 0 Å². The normalized spacial score (nSPS) is 10.4. The lowest BCUT2D eigenvalue weighted by molar-refractivity contribution is -0.134. The highest BCUT2D eigenvalue weighted by atomic mass is 32.1. The second-order valence-corrected chi connectivity index (χ2v) is 6.53. The minimum absolute atomic E-state index is 0.558. The maximum absolute atomic E-state index is 9.55. The van der Waals surface area contributed by atoms with Gasteiger partial charge in [-0.2, -0.15) is 0 Å². The minimum atomic E-state index is -1.26. The number of carboxylic acids is 2. The quantitative estimate of drug-likeness (QED) is 0.682. The number of anilines is 1. The number of carbonyl (C=O) groups is 2. The van der Waals surface area contributed by atoms with Crippen LogP contribution in [0.1, 0.15) is 4.88 Å². The standard InChI is InChI=1S/C14H19N3S.C4H4O4/c1-16(2)9-10-17(12-13-6-5-11-18-13)14-7-3-4-8-15-14;5-3(6)1-2-4(7)8/h3-8,11H,9-10,12H2,1-2H3;1-2H,(H,5,6)(H,7,8)/b;2-1+. The second-order valence-electron chi connectivity index (χ2n) is 5.50. The van der Waals surface area contributed by atoms with Crippen molar-refractivity contribution < 1.29 is 19.8 Å². The van der Waals surface area contributed by atoms with E-state index in [1.54, 1.807) is 11.3 Å². The number of rotatable bonds is 8. The first-order valence-corrected chi connectivity index (χ1v) is 8.73. The predicted octanol–water partition coefficient (Wildman–Crippen LogP) is 2.42. The van der Waals surface area contributed by atoms with Crippen LogP contribution in [0.4, 0.5) is 5.82 Å². The fourth-order valence-corrected chi connectivity index (χ4v) is 2.59. The van der Waals surface area contributed by atoms with Crippen LogP contribution in [0.25, 0.3) is 0 Å². The van der Waals surface area contributed by atoms with E-state index in [-0.39, 0.29) is 0 Å². The van der Waals surface area contributed by atoms with Crippen molar-refractivity contribution in [3.63, 3.8) is 0 Å². The molecule has 2 heterocycles. The number of hydrogen-bond donors (Lipinski definition) is 2. The first kappa shape index (κ1) is 21.3. The van der Waals surface area contributed by atoms with Crippen molar-refractivity contribution in [3.8, 4) is 0 Å². The van der Waals surface area contributed by atoms with Crippen LogP contribution in [-0.4, -0.2) is 59.2 Å². The molecule has 2 aromatic heterocycles. The van der Waals surface area contributed by atoms with Crippen molar-refractivity contribution in [2.75, 3.05) is 32.1 Å². The van der Waals surface area contributed by atoms with Crippen molar-refractivity contribution in [2.45, 2.75) is 6.54 Å². The third-order valence-corrected chi connectivity index (χ3v) is 3.95. The van der Waals surface area contributed by atoms with Crippen LogP contribution >= 0.6 is 11.3 Å². The van der Waals surface area contributed by atoms with E-state index in [4.69, 9.17) is 10.2 Å². The largest absolute Gasteiger partial charge is 0.478 e. The van der Waals surface area contributed by atoms with Gasteiger partial charge in [-0.3, -0.25) is 0 Å². The van der Waals surface area contributed by atoms with Gasteiger partial charge in [0.1, 0.15) is 5.82 Å². The molecular formula is C18H23N3O4S. The van der Waals surface area contributed by atoms with Gasteiger partial charge in [0.15, 0.2) is 0 Å². The van der Waals surface area contributed by atoms with Crippen LogP contribution < -0.4 is 4.90 Å². The van der Waals surface area contributed by atoms with Gasteiger partial charge in [0.25, 0.3) is 0 Å².